The van der Waals surface area contributed by atoms with E-state index in [1.165, 1.54) is 12.1 Å². The Bertz CT molecular complexity index is 487. The maximum absolute atomic E-state index is 13.3. The second-order valence-corrected chi connectivity index (χ2v) is 5.75. The van der Waals surface area contributed by atoms with Crippen LogP contribution in [-0.2, 0) is 0 Å². The Hall–Kier alpha value is -1.14. The highest BCUT2D eigenvalue weighted by Crippen LogP contribution is 2.46. The molecular formula is C15H20F4N2. The minimum atomic E-state index is -4.23. The van der Waals surface area contributed by atoms with Crippen LogP contribution in [0, 0.1) is 24.6 Å². The van der Waals surface area contributed by atoms with Gasteiger partial charge in [0.05, 0.1) is 5.92 Å². The highest BCUT2D eigenvalue weighted by Gasteiger charge is 2.48. The molecule has 118 valence electrons. The molecule has 1 saturated carbocycles. The van der Waals surface area contributed by atoms with Crippen LogP contribution in [0.15, 0.2) is 18.2 Å². The standard InChI is InChI=1S/C15H20F4N2/c1-9-8-10(6-7-13(9)16)14(21-20)11-4-2-3-5-12(11)15(17,18)19/h6-8,11-12,14,21H,2-5,20H2,1H3. The zero-order valence-electron chi connectivity index (χ0n) is 11.9. The van der Waals surface area contributed by atoms with Crippen LogP contribution < -0.4 is 11.3 Å². The molecule has 3 atom stereocenters. The van der Waals surface area contributed by atoms with E-state index in [2.05, 4.69) is 5.43 Å². The van der Waals surface area contributed by atoms with Crippen molar-refractivity contribution < 1.29 is 17.6 Å². The third-order valence-electron chi connectivity index (χ3n) is 4.39. The lowest BCUT2D eigenvalue weighted by Gasteiger charge is -2.38. The summed E-state index contributed by atoms with van der Waals surface area (Å²) in [5, 5.41) is 0. The van der Waals surface area contributed by atoms with Gasteiger partial charge < -0.3 is 0 Å². The van der Waals surface area contributed by atoms with Gasteiger partial charge in [-0.2, -0.15) is 13.2 Å². The molecule has 0 radical (unpaired) electrons. The average molecular weight is 304 g/mol. The van der Waals surface area contributed by atoms with Gasteiger partial charge in [0.25, 0.3) is 0 Å². The third kappa shape index (κ3) is 3.55. The number of nitrogens with two attached hydrogens (primary N) is 1. The number of halogens is 4. The quantitative estimate of drug-likeness (QED) is 0.503. The van der Waals surface area contributed by atoms with Gasteiger partial charge in [0, 0.05) is 6.04 Å². The first-order valence-corrected chi connectivity index (χ1v) is 7.13. The van der Waals surface area contributed by atoms with E-state index in [0.717, 1.165) is 6.42 Å². The van der Waals surface area contributed by atoms with E-state index in [1.807, 2.05) is 0 Å². The molecule has 0 amide bonds. The second kappa shape index (κ2) is 6.32. The van der Waals surface area contributed by atoms with Crippen molar-refractivity contribution in [2.24, 2.45) is 17.7 Å². The fourth-order valence-corrected chi connectivity index (χ4v) is 3.29. The first kappa shape index (κ1) is 16.2. The Labute approximate surface area is 121 Å². The Morgan fingerprint density at radius 1 is 1.24 bits per heavy atom. The summed E-state index contributed by atoms with van der Waals surface area (Å²) in [6.07, 6.45) is -2.28. The van der Waals surface area contributed by atoms with Crippen molar-refractivity contribution in [2.75, 3.05) is 0 Å². The molecule has 3 N–H and O–H groups in total. The largest absolute Gasteiger partial charge is 0.392 e. The van der Waals surface area contributed by atoms with Crippen LogP contribution in [0.2, 0.25) is 0 Å². The van der Waals surface area contributed by atoms with Gasteiger partial charge in [0.15, 0.2) is 0 Å². The van der Waals surface area contributed by atoms with Gasteiger partial charge >= 0.3 is 6.18 Å². The van der Waals surface area contributed by atoms with Crippen LogP contribution in [0.25, 0.3) is 0 Å². The number of hydrazine groups is 1. The van der Waals surface area contributed by atoms with Crippen LogP contribution in [0.1, 0.15) is 42.9 Å². The van der Waals surface area contributed by atoms with Gasteiger partial charge in [0.1, 0.15) is 5.82 Å². The zero-order valence-corrected chi connectivity index (χ0v) is 11.9. The fourth-order valence-electron chi connectivity index (χ4n) is 3.29. The molecule has 1 aliphatic rings. The van der Waals surface area contributed by atoms with Crippen LogP contribution in [-0.4, -0.2) is 6.18 Å². The molecule has 1 aromatic rings. The molecule has 21 heavy (non-hydrogen) atoms. The molecule has 1 fully saturated rings. The summed E-state index contributed by atoms with van der Waals surface area (Å²) in [4.78, 5) is 0. The van der Waals surface area contributed by atoms with Crippen LogP contribution >= 0.6 is 0 Å². The Morgan fingerprint density at radius 3 is 2.48 bits per heavy atom. The Morgan fingerprint density at radius 2 is 1.90 bits per heavy atom. The van der Waals surface area contributed by atoms with E-state index in [9.17, 15) is 17.6 Å². The smallest absolute Gasteiger partial charge is 0.271 e. The number of hydrogen-bond acceptors (Lipinski definition) is 2. The van der Waals surface area contributed by atoms with Crippen LogP contribution in [0.3, 0.4) is 0 Å². The van der Waals surface area contributed by atoms with Crippen molar-refractivity contribution in [1.82, 2.24) is 5.43 Å². The minimum Gasteiger partial charge on any atom is -0.271 e. The molecule has 1 aromatic carbocycles. The number of nitrogens with one attached hydrogen (secondary N) is 1. The van der Waals surface area contributed by atoms with E-state index < -0.39 is 24.1 Å². The summed E-state index contributed by atoms with van der Waals surface area (Å²) < 4.78 is 53.0. The van der Waals surface area contributed by atoms with Gasteiger partial charge in [0.2, 0.25) is 0 Å². The van der Waals surface area contributed by atoms with Crippen molar-refractivity contribution in [3.05, 3.63) is 35.1 Å². The lowest BCUT2D eigenvalue weighted by atomic mass is 9.73. The zero-order chi connectivity index (χ0) is 15.6. The van der Waals surface area contributed by atoms with Crippen molar-refractivity contribution >= 4 is 0 Å². The molecule has 1 aliphatic carbocycles. The number of alkyl halides is 3. The molecule has 2 rings (SSSR count). The van der Waals surface area contributed by atoms with Crippen molar-refractivity contribution in [3.8, 4) is 0 Å². The van der Waals surface area contributed by atoms with E-state index in [0.29, 0.717) is 24.0 Å². The SMILES string of the molecule is Cc1cc(C(NN)C2CCCCC2C(F)(F)F)ccc1F. The molecule has 0 bridgehead atoms. The maximum atomic E-state index is 13.3. The van der Waals surface area contributed by atoms with Gasteiger partial charge in [-0.1, -0.05) is 25.0 Å². The second-order valence-electron chi connectivity index (χ2n) is 5.75. The summed E-state index contributed by atoms with van der Waals surface area (Å²) in [5.41, 5.74) is 3.53. The first-order valence-electron chi connectivity index (χ1n) is 7.13. The lowest BCUT2D eigenvalue weighted by Crippen LogP contribution is -2.43. The highest BCUT2D eigenvalue weighted by atomic mass is 19.4. The number of hydrogen-bond donors (Lipinski definition) is 2. The van der Waals surface area contributed by atoms with Crippen LogP contribution in [0.5, 0.6) is 0 Å². The predicted molar refractivity (Wildman–Crippen MR) is 72.7 cm³/mol. The summed E-state index contributed by atoms with van der Waals surface area (Å²) in [6.45, 7) is 1.59. The van der Waals surface area contributed by atoms with Gasteiger partial charge in [-0.15, -0.1) is 0 Å². The number of benzene rings is 1. The average Bonchev–Trinajstić information content (AvgIpc) is 2.43. The molecule has 3 unspecified atom stereocenters. The molecule has 2 nitrogen and oxygen atoms in total. The van der Waals surface area contributed by atoms with Crippen molar-refractivity contribution in [1.29, 1.82) is 0 Å². The molecular weight excluding hydrogens is 284 g/mol. The van der Waals surface area contributed by atoms with Crippen molar-refractivity contribution in [2.45, 2.75) is 44.8 Å². The summed E-state index contributed by atoms with van der Waals surface area (Å²) in [5.74, 6) is 3.17. The topological polar surface area (TPSA) is 38.0 Å². The maximum Gasteiger partial charge on any atom is 0.392 e. The minimum absolute atomic E-state index is 0.131. The summed E-state index contributed by atoms with van der Waals surface area (Å²) >= 11 is 0. The molecule has 0 aliphatic heterocycles. The molecule has 0 aromatic heterocycles. The Balaban J connectivity index is 2.31. The van der Waals surface area contributed by atoms with E-state index in [1.54, 1.807) is 13.0 Å². The van der Waals surface area contributed by atoms with E-state index >= 15 is 0 Å². The molecule has 0 heterocycles. The van der Waals surface area contributed by atoms with Gasteiger partial charge in [-0.3, -0.25) is 11.3 Å². The molecule has 6 heteroatoms. The van der Waals surface area contributed by atoms with E-state index in [-0.39, 0.29) is 12.2 Å². The van der Waals surface area contributed by atoms with E-state index in [4.69, 9.17) is 5.84 Å². The highest BCUT2D eigenvalue weighted by molar-refractivity contribution is 5.27. The molecule has 0 saturated heterocycles. The Kier molecular flexibility index (Phi) is 4.88. The van der Waals surface area contributed by atoms with Crippen molar-refractivity contribution in [3.63, 3.8) is 0 Å². The molecule has 0 spiro atoms. The first-order chi connectivity index (χ1) is 9.84. The number of aryl methyl sites for hydroxylation is 1. The van der Waals surface area contributed by atoms with Gasteiger partial charge in [-0.05, 0) is 42.9 Å². The lowest BCUT2D eigenvalue weighted by molar-refractivity contribution is -0.199. The normalized spacial score (nSPS) is 24.9. The third-order valence-corrected chi connectivity index (χ3v) is 4.39. The number of rotatable bonds is 3. The monoisotopic (exact) mass is 304 g/mol. The summed E-state index contributed by atoms with van der Waals surface area (Å²) in [6, 6.07) is 3.74. The van der Waals surface area contributed by atoms with Crippen LogP contribution in [0.4, 0.5) is 17.6 Å². The van der Waals surface area contributed by atoms with Gasteiger partial charge in [-0.25, -0.2) is 4.39 Å². The predicted octanol–water partition coefficient (Wildman–Crippen LogP) is 4.01. The summed E-state index contributed by atoms with van der Waals surface area (Å²) in [7, 11) is 0. The fraction of sp³-hybridized carbons (Fsp3) is 0.600.